The van der Waals surface area contributed by atoms with Gasteiger partial charge in [-0.1, -0.05) is 36.4 Å². The van der Waals surface area contributed by atoms with E-state index in [1.54, 1.807) is 48.6 Å². The summed E-state index contributed by atoms with van der Waals surface area (Å²) in [6.45, 7) is 0. The predicted molar refractivity (Wildman–Crippen MR) is 144 cm³/mol. The van der Waals surface area contributed by atoms with Crippen LogP contribution in [0.5, 0.6) is 0 Å². The van der Waals surface area contributed by atoms with Gasteiger partial charge in [0, 0.05) is 11.1 Å². The summed E-state index contributed by atoms with van der Waals surface area (Å²) < 4.78 is 9.51. The molecule has 2 atom stereocenters. The predicted octanol–water partition coefficient (Wildman–Crippen LogP) is 3.69. The van der Waals surface area contributed by atoms with Crippen molar-refractivity contribution < 1.29 is 38.2 Å². The number of rotatable bonds is 5. The number of fused-ring (bicyclic) bond motifs is 2. The first-order chi connectivity index (χ1) is 19.2. The smallest absolute Gasteiger partial charge is 0.337 e. The molecule has 3 aliphatic rings. The van der Waals surface area contributed by atoms with Crippen LogP contribution in [-0.4, -0.2) is 49.3 Å². The van der Waals surface area contributed by atoms with E-state index in [0.29, 0.717) is 22.3 Å². The Morgan fingerprint density at radius 1 is 0.750 bits per heavy atom. The number of ether oxygens (including phenoxy) is 2. The van der Waals surface area contributed by atoms with E-state index in [4.69, 9.17) is 9.47 Å². The number of carbonyl (C=O) groups excluding carboxylic acids is 6. The van der Waals surface area contributed by atoms with Crippen molar-refractivity contribution in [3.8, 4) is 0 Å². The molecule has 198 valence electrons. The van der Waals surface area contributed by atoms with Crippen LogP contribution >= 0.6 is 0 Å². The maximum Gasteiger partial charge on any atom is 0.337 e. The van der Waals surface area contributed by atoms with Crippen molar-refractivity contribution in [3.05, 3.63) is 118 Å². The zero-order valence-electron chi connectivity index (χ0n) is 21.5. The Hall–Kier alpha value is -5.24. The van der Waals surface area contributed by atoms with Gasteiger partial charge in [0.15, 0.2) is 23.1 Å². The van der Waals surface area contributed by atoms with E-state index in [2.05, 4.69) is 0 Å². The minimum atomic E-state index is -1.67. The Kier molecular flexibility index (Phi) is 6.69. The third-order valence-electron chi connectivity index (χ3n) is 7.26. The first-order valence-electron chi connectivity index (χ1n) is 12.3. The number of esters is 2. The third-order valence-corrected chi connectivity index (χ3v) is 7.26. The van der Waals surface area contributed by atoms with Crippen molar-refractivity contribution >= 4 is 46.7 Å². The van der Waals surface area contributed by atoms with Crippen LogP contribution in [0.3, 0.4) is 0 Å². The molecule has 3 aliphatic carbocycles. The summed E-state index contributed by atoms with van der Waals surface area (Å²) in [4.78, 5) is 77.2. The SMILES string of the molecule is COC(=O)c1ccc(/C=C/C23C(=O)C=CC(=O)C2C2=C(C=C3c3ccc(C(=O)OC)cc3)C(=O)C=CC2=O)cc1. The summed E-state index contributed by atoms with van der Waals surface area (Å²) in [6, 6.07) is 12.7. The zero-order chi connectivity index (χ0) is 28.6. The van der Waals surface area contributed by atoms with Gasteiger partial charge in [-0.05, 0) is 71.3 Å². The molecule has 0 N–H and O–H groups in total. The van der Waals surface area contributed by atoms with Crippen LogP contribution < -0.4 is 0 Å². The lowest BCUT2D eigenvalue weighted by atomic mass is 9.55. The molecular weight excluding hydrogens is 512 g/mol. The Morgan fingerprint density at radius 2 is 1.32 bits per heavy atom. The van der Waals surface area contributed by atoms with Crippen LogP contribution in [0, 0.1) is 11.3 Å². The standard InChI is InChI=1S/C32H22O8/c1-39-30(37)20-5-3-18(4-6-20)15-16-32-23(19-7-9-21(10-8-19)31(38)40-2)17-22-24(33)11-12-25(34)28(22)29(32)26(35)13-14-27(32)36/h3-17,29H,1-2H3/b16-15+. The van der Waals surface area contributed by atoms with E-state index < -0.39 is 46.4 Å². The molecule has 0 fully saturated rings. The zero-order valence-corrected chi connectivity index (χ0v) is 21.5. The normalized spacial score (nSPS) is 21.8. The van der Waals surface area contributed by atoms with E-state index in [0.717, 1.165) is 18.2 Å². The van der Waals surface area contributed by atoms with Gasteiger partial charge in [-0.15, -0.1) is 0 Å². The van der Waals surface area contributed by atoms with Gasteiger partial charge >= 0.3 is 11.9 Å². The van der Waals surface area contributed by atoms with Gasteiger partial charge in [0.1, 0.15) is 0 Å². The summed E-state index contributed by atoms with van der Waals surface area (Å²) in [5.74, 6) is -4.27. The van der Waals surface area contributed by atoms with Gasteiger partial charge in [-0.3, -0.25) is 19.2 Å². The summed E-state index contributed by atoms with van der Waals surface area (Å²) in [5, 5.41) is 0. The van der Waals surface area contributed by atoms with Crippen molar-refractivity contribution in [2.75, 3.05) is 14.2 Å². The summed E-state index contributed by atoms with van der Waals surface area (Å²) in [5.41, 5.74) is 0.367. The fourth-order valence-corrected chi connectivity index (χ4v) is 5.29. The third kappa shape index (κ3) is 4.19. The highest BCUT2D eigenvalue weighted by atomic mass is 16.5. The highest BCUT2D eigenvalue weighted by Crippen LogP contribution is 2.54. The second-order valence-corrected chi connectivity index (χ2v) is 9.37. The van der Waals surface area contributed by atoms with E-state index in [1.165, 1.54) is 38.5 Å². The number of hydrogen-bond donors (Lipinski definition) is 0. The molecule has 8 nitrogen and oxygen atoms in total. The fourth-order valence-electron chi connectivity index (χ4n) is 5.29. The molecule has 5 rings (SSSR count). The van der Waals surface area contributed by atoms with E-state index in [9.17, 15) is 28.8 Å². The Balaban J connectivity index is 1.73. The molecule has 0 radical (unpaired) electrons. The molecule has 0 saturated heterocycles. The number of hydrogen-bond acceptors (Lipinski definition) is 8. The second kappa shape index (κ2) is 10.1. The molecule has 0 aromatic heterocycles. The van der Waals surface area contributed by atoms with Crippen molar-refractivity contribution in [2.24, 2.45) is 11.3 Å². The van der Waals surface area contributed by atoms with Crippen molar-refractivity contribution in [1.82, 2.24) is 0 Å². The lowest BCUT2D eigenvalue weighted by molar-refractivity contribution is -0.130. The molecule has 0 bridgehead atoms. The van der Waals surface area contributed by atoms with Crippen molar-refractivity contribution in [1.29, 1.82) is 0 Å². The van der Waals surface area contributed by atoms with Crippen LogP contribution in [0.25, 0.3) is 11.6 Å². The van der Waals surface area contributed by atoms with E-state index in [-0.39, 0.29) is 16.7 Å². The minimum Gasteiger partial charge on any atom is -0.465 e. The van der Waals surface area contributed by atoms with Crippen LogP contribution in [0.4, 0.5) is 0 Å². The number of carbonyl (C=O) groups is 6. The Labute approximate surface area is 229 Å². The first kappa shape index (κ1) is 26.4. The van der Waals surface area contributed by atoms with Gasteiger partial charge < -0.3 is 9.47 Å². The topological polar surface area (TPSA) is 121 Å². The molecule has 0 amide bonds. The van der Waals surface area contributed by atoms with Crippen LogP contribution in [0.2, 0.25) is 0 Å². The molecule has 0 saturated carbocycles. The largest absolute Gasteiger partial charge is 0.465 e. The maximum absolute atomic E-state index is 13.9. The van der Waals surface area contributed by atoms with Crippen LogP contribution in [0.1, 0.15) is 31.8 Å². The van der Waals surface area contributed by atoms with Crippen molar-refractivity contribution in [2.45, 2.75) is 0 Å². The number of ketones is 4. The fraction of sp³-hybridized carbons (Fsp3) is 0.125. The van der Waals surface area contributed by atoms with Gasteiger partial charge in [0.05, 0.1) is 36.7 Å². The highest BCUT2D eigenvalue weighted by molar-refractivity contribution is 6.29. The van der Waals surface area contributed by atoms with Gasteiger partial charge in [-0.25, -0.2) is 9.59 Å². The molecule has 0 heterocycles. The highest BCUT2D eigenvalue weighted by Gasteiger charge is 2.56. The number of methoxy groups -OCH3 is 2. The lowest BCUT2D eigenvalue weighted by Crippen LogP contribution is -2.48. The summed E-state index contributed by atoms with van der Waals surface area (Å²) in [7, 11) is 2.53. The molecule has 2 aromatic rings. The van der Waals surface area contributed by atoms with Crippen molar-refractivity contribution in [3.63, 3.8) is 0 Å². The maximum atomic E-state index is 13.9. The van der Waals surface area contributed by atoms with E-state index >= 15 is 0 Å². The van der Waals surface area contributed by atoms with Gasteiger partial charge in [-0.2, -0.15) is 0 Å². The summed E-state index contributed by atoms with van der Waals surface area (Å²) in [6.07, 6.45) is 9.25. The van der Waals surface area contributed by atoms with Gasteiger partial charge in [0.25, 0.3) is 0 Å². The van der Waals surface area contributed by atoms with Gasteiger partial charge in [0.2, 0.25) is 0 Å². The average Bonchev–Trinajstić information content (AvgIpc) is 2.98. The van der Waals surface area contributed by atoms with Crippen LogP contribution in [0.15, 0.2) is 96.1 Å². The quantitative estimate of drug-likeness (QED) is 0.421. The Morgan fingerprint density at radius 3 is 1.93 bits per heavy atom. The molecular formula is C32H22O8. The molecule has 8 heteroatoms. The Bertz CT molecular complexity index is 1650. The molecule has 40 heavy (non-hydrogen) atoms. The number of allylic oxidation sites excluding steroid dienone is 9. The lowest BCUT2D eigenvalue weighted by Gasteiger charge is -2.44. The number of benzene rings is 2. The molecule has 0 aliphatic heterocycles. The molecule has 2 aromatic carbocycles. The summed E-state index contributed by atoms with van der Waals surface area (Å²) >= 11 is 0. The molecule has 2 unspecified atom stereocenters. The molecule has 0 spiro atoms. The second-order valence-electron chi connectivity index (χ2n) is 9.37. The average molecular weight is 535 g/mol. The van der Waals surface area contributed by atoms with Crippen LogP contribution in [-0.2, 0) is 28.7 Å². The minimum absolute atomic E-state index is 0.0316. The van der Waals surface area contributed by atoms with E-state index in [1.807, 2.05) is 0 Å². The first-order valence-corrected chi connectivity index (χ1v) is 12.3. The monoisotopic (exact) mass is 534 g/mol.